The molecule has 2 aromatic carbocycles. The highest BCUT2D eigenvalue weighted by Gasteiger charge is 2.31. The molecule has 4 rings (SSSR count). The number of hydrogen-bond acceptors (Lipinski definition) is 5. The number of aliphatic hydroxyl groups excluding tert-OH is 1. The Labute approximate surface area is 167 Å². The second kappa shape index (κ2) is 8.02. The van der Waals surface area contributed by atoms with E-state index in [1.54, 1.807) is 31.3 Å². The second-order valence-corrected chi connectivity index (χ2v) is 6.92. The Balaban J connectivity index is 1.43. The minimum atomic E-state index is -1.13. The van der Waals surface area contributed by atoms with Crippen LogP contribution in [0.4, 0.5) is 10.1 Å². The number of benzene rings is 2. The van der Waals surface area contributed by atoms with E-state index in [-0.39, 0.29) is 18.3 Å². The van der Waals surface area contributed by atoms with Crippen LogP contribution in [0.25, 0.3) is 0 Å². The lowest BCUT2D eigenvalue weighted by atomic mass is 10.1. The summed E-state index contributed by atoms with van der Waals surface area (Å²) in [6.45, 7) is 0.0911. The topological polar surface area (TPSA) is 90.5 Å². The lowest BCUT2D eigenvalue weighted by Crippen LogP contribution is -2.48. The molecule has 0 saturated heterocycles. The molecule has 8 heteroatoms. The second-order valence-electron chi connectivity index (χ2n) is 6.92. The summed E-state index contributed by atoms with van der Waals surface area (Å²) in [5, 5.41) is 20.4. The zero-order chi connectivity index (χ0) is 20.4. The molecule has 29 heavy (non-hydrogen) atoms. The third kappa shape index (κ3) is 4.13. The maximum Gasteiger partial charge on any atom is 0.247 e. The molecule has 0 aliphatic carbocycles. The monoisotopic (exact) mass is 396 g/mol. The van der Waals surface area contributed by atoms with Crippen molar-refractivity contribution in [2.45, 2.75) is 18.7 Å². The van der Waals surface area contributed by atoms with Gasteiger partial charge in [-0.05, 0) is 35.9 Å². The molecule has 1 aliphatic rings. The molecule has 150 valence electrons. The van der Waals surface area contributed by atoms with Gasteiger partial charge in [0.25, 0.3) is 0 Å². The molecule has 3 aromatic rings. The van der Waals surface area contributed by atoms with Crippen molar-refractivity contribution >= 4 is 11.6 Å². The molecule has 3 N–H and O–H groups in total. The van der Waals surface area contributed by atoms with Crippen molar-refractivity contribution in [1.82, 2.24) is 15.5 Å². The molecular weight excluding hydrogens is 375 g/mol. The number of amides is 1. The summed E-state index contributed by atoms with van der Waals surface area (Å²) >= 11 is 0. The highest BCUT2D eigenvalue weighted by Crippen LogP contribution is 2.30. The number of halogens is 1. The van der Waals surface area contributed by atoms with Gasteiger partial charge in [0.2, 0.25) is 5.91 Å². The summed E-state index contributed by atoms with van der Waals surface area (Å²) in [5.41, 5.74) is 2.71. The van der Waals surface area contributed by atoms with Gasteiger partial charge in [0, 0.05) is 13.5 Å². The summed E-state index contributed by atoms with van der Waals surface area (Å²) in [6.07, 6.45) is -0.635. The van der Waals surface area contributed by atoms with E-state index in [0.29, 0.717) is 29.2 Å². The Hall–Kier alpha value is -3.23. The van der Waals surface area contributed by atoms with Gasteiger partial charge in [0.1, 0.15) is 30.4 Å². The van der Waals surface area contributed by atoms with Crippen molar-refractivity contribution < 1.29 is 19.0 Å². The van der Waals surface area contributed by atoms with E-state index in [2.05, 4.69) is 15.5 Å². The van der Waals surface area contributed by atoms with Gasteiger partial charge in [-0.1, -0.05) is 24.3 Å². The number of aromatic nitrogens is 2. The SMILES string of the molecule is CN1C(=O)[C@@H](NC(O)c2cc(Cc3ccc(F)cc3)n[nH]2)COc2ccccc21. The number of carbonyl (C=O) groups excluding carboxylic acids is 1. The Morgan fingerprint density at radius 3 is 2.86 bits per heavy atom. The minimum Gasteiger partial charge on any atom is -0.489 e. The number of rotatable bonds is 5. The fourth-order valence-electron chi connectivity index (χ4n) is 3.28. The smallest absolute Gasteiger partial charge is 0.247 e. The number of H-pyrrole nitrogens is 1. The molecule has 2 heterocycles. The van der Waals surface area contributed by atoms with Crippen molar-refractivity contribution in [3.63, 3.8) is 0 Å². The van der Waals surface area contributed by atoms with Gasteiger partial charge in [-0.2, -0.15) is 5.10 Å². The molecule has 1 aromatic heterocycles. The average Bonchev–Trinajstić information content (AvgIpc) is 3.16. The van der Waals surface area contributed by atoms with E-state index in [1.807, 2.05) is 18.2 Å². The Bertz CT molecular complexity index is 1010. The first-order valence-corrected chi connectivity index (χ1v) is 9.23. The van der Waals surface area contributed by atoms with Crippen LogP contribution in [0.15, 0.2) is 54.6 Å². The van der Waals surface area contributed by atoms with Gasteiger partial charge >= 0.3 is 0 Å². The van der Waals surface area contributed by atoms with Crippen molar-refractivity contribution in [3.8, 4) is 5.75 Å². The zero-order valence-electron chi connectivity index (χ0n) is 15.8. The minimum absolute atomic E-state index is 0.0911. The Morgan fingerprint density at radius 2 is 2.07 bits per heavy atom. The molecule has 0 fully saturated rings. The average molecular weight is 396 g/mol. The summed E-state index contributed by atoms with van der Waals surface area (Å²) < 4.78 is 18.8. The maximum absolute atomic E-state index is 13.0. The molecular formula is C21H21FN4O3. The van der Waals surface area contributed by atoms with Crippen LogP contribution in [-0.2, 0) is 11.2 Å². The Morgan fingerprint density at radius 1 is 1.31 bits per heavy atom. The third-order valence-electron chi connectivity index (χ3n) is 4.86. The number of ether oxygens (including phenoxy) is 1. The van der Waals surface area contributed by atoms with E-state index in [4.69, 9.17) is 4.74 Å². The van der Waals surface area contributed by atoms with Crippen molar-refractivity contribution in [2.75, 3.05) is 18.6 Å². The molecule has 0 radical (unpaired) electrons. The molecule has 2 atom stereocenters. The van der Waals surface area contributed by atoms with Crippen LogP contribution in [0.1, 0.15) is 23.2 Å². The predicted molar refractivity (Wildman–Crippen MR) is 105 cm³/mol. The van der Waals surface area contributed by atoms with Crippen LogP contribution in [0.2, 0.25) is 0 Å². The number of hydrogen-bond donors (Lipinski definition) is 3. The van der Waals surface area contributed by atoms with Crippen LogP contribution in [0, 0.1) is 5.82 Å². The first-order chi connectivity index (χ1) is 14.0. The zero-order valence-corrected chi connectivity index (χ0v) is 15.8. The number of fused-ring (bicyclic) bond motifs is 1. The van der Waals surface area contributed by atoms with Gasteiger partial charge in [-0.15, -0.1) is 0 Å². The van der Waals surface area contributed by atoms with Crippen LogP contribution in [-0.4, -0.2) is 40.9 Å². The number of anilines is 1. The van der Waals surface area contributed by atoms with Gasteiger partial charge in [-0.25, -0.2) is 4.39 Å². The molecule has 1 amide bonds. The van der Waals surface area contributed by atoms with E-state index in [0.717, 1.165) is 5.56 Å². The number of aliphatic hydroxyl groups is 1. The van der Waals surface area contributed by atoms with Crippen molar-refractivity contribution in [1.29, 1.82) is 0 Å². The van der Waals surface area contributed by atoms with Crippen LogP contribution in [0.5, 0.6) is 5.75 Å². The summed E-state index contributed by atoms with van der Waals surface area (Å²) in [5.74, 6) is 0.115. The molecule has 1 aliphatic heterocycles. The van der Waals surface area contributed by atoms with Crippen LogP contribution < -0.4 is 15.0 Å². The van der Waals surface area contributed by atoms with E-state index < -0.39 is 12.3 Å². The fourth-order valence-corrected chi connectivity index (χ4v) is 3.28. The maximum atomic E-state index is 13.0. The summed E-state index contributed by atoms with van der Waals surface area (Å²) in [6, 6.07) is 14.4. The quantitative estimate of drug-likeness (QED) is 0.575. The lowest BCUT2D eigenvalue weighted by Gasteiger charge is -2.22. The van der Waals surface area contributed by atoms with E-state index in [9.17, 15) is 14.3 Å². The molecule has 0 spiro atoms. The van der Waals surface area contributed by atoms with Crippen molar-refractivity contribution in [3.05, 3.63) is 77.4 Å². The van der Waals surface area contributed by atoms with E-state index in [1.165, 1.54) is 17.0 Å². The standard InChI is InChI=1S/C21H21FN4O3/c1-26-18-4-2-3-5-19(18)29-12-17(21(26)28)23-20(27)16-11-15(24-25-16)10-13-6-8-14(22)9-7-13/h2-9,11,17,20,23,27H,10,12H2,1H3,(H,24,25)/t17-,20?/m0/s1. The molecule has 0 bridgehead atoms. The van der Waals surface area contributed by atoms with E-state index >= 15 is 0 Å². The first kappa shape index (κ1) is 19.1. The van der Waals surface area contributed by atoms with Gasteiger partial charge in [-0.3, -0.25) is 15.2 Å². The molecule has 1 unspecified atom stereocenters. The normalized spacial score (nSPS) is 17.4. The summed E-state index contributed by atoms with van der Waals surface area (Å²) in [7, 11) is 1.67. The molecule has 7 nitrogen and oxygen atoms in total. The van der Waals surface area contributed by atoms with Gasteiger partial charge < -0.3 is 14.7 Å². The van der Waals surface area contributed by atoms with Gasteiger partial charge in [0.15, 0.2) is 0 Å². The summed E-state index contributed by atoms with van der Waals surface area (Å²) in [4.78, 5) is 14.3. The number of nitrogens with zero attached hydrogens (tertiary/aromatic N) is 2. The highest BCUT2D eigenvalue weighted by molar-refractivity contribution is 5.98. The number of likely N-dealkylation sites (N-methyl/N-ethyl adjacent to an activating group) is 1. The van der Waals surface area contributed by atoms with Crippen molar-refractivity contribution in [2.24, 2.45) is 0 Å². The Kier molecular flexibility index (Phi) is 5.28. The fraction of sp³-hybridized carbons (Fsp3) is 0.238. The lowest BCUT2D eigenvalue weighted by molar-refractivity contribution is -0.121. The number of para-hydroxylation sites is 2. The van der Waals surface area contributed by atoms with Crippen LogP contribution in [0.3, 0.4) is 0 Å². The van der Waals surface area contributed by atoms with Gasteiger partial charge in [0.05, 0.1) is 17.1 Å². The number of nitrogens with one attached hydrogen (secondary N) is 2. The first-order valence-electron chi connectivity index (χ1n) is 9.23. The highest BCUT2D eigenvalue weighted by atomic mass is 19.1. The van der Waals surface area contributed by atoms with Crippen LogP contribution >= 0.6 is 0 Å². The molecule has 0 saturated carbocycles. The third-order valence-corrected chi connectivity index (χ3v) is 4.86. The number of carbonyl (C=O) groups is 1. The predicted octanol–water partition coefficient (Wildman–Crippen LogP) is 2.14. The largest absolute Gasteiger partial charge is 0.489 e. The number of aromatic amines is 1.